The van der Waals surface area contributed by atoms with Crippen molar-refractivity contribution >= 4 is 11.9 Å². The van der Waals surface area contributed by atoms with Crippen molar-refractivity contribution in [1.82, 2.24) is 14.7 Å². The molecule has 1 amide bonds. The van der Waals surface area contributed by atoms with Crippen molar-refractivity contribution < 1.29 is 14.7 Å². The lowest BCUT2D eigenvalue weighted by molar-refractivity contribution is -0.138. The third-order valence-electron chi connectivity index (χ3n) is 4.87. The predicted molar refractivity (Wildman–Crippen MR) is 93.4 cm³/mol. The fourth-order valence-electron chi connectivity index (χ4n) is 3.33. The van der Waals surface area contributed by atoms with Crippen LogP contribution in [0, 0.1) is 12.8 Å². The lowest BCUT2D eigenvalue weighted by Crippen LogP contribution is -2.39. The van der Waals surface area contributed by atoms with E-state index in [-0.39, 0.29) is 18.2 Å². The van der Waals surface area contributed by atoms with E-state index in [4.69, 9.17) is 5.11 Å². The average Bonchev–Trinajstić information content (AvgIpc) is 2.96. The molecule has 1 aliphatic rings. The molecule has 132 valence electrons. The van der Waals surface area contributed by atoms with Gasteiger partial charge in [0, 0.05) is 25.2 Å². The SMILES string of the molecule is Cc1c(C(=O)N2CCC(CC(=O)O)CC2)cnn1Cc1ccccc1. The van der Waals surface area contributed by atoms with E-state index in [0.717, 1.165) is 24.1 Å². The summed E-state index contributed by atoms with van der Waals surface area (Å²) in [5, 5.41) is 13.3. The summed E-state index contributed by atoms with van der Waals surface area (Å²) in [6.45, 7) is 3.78. The largest absolute Gasteiger partial charge is 0.481 e. The minimum Gasteiger partial charge on any atom is -0.481 e. The molecule has 0 spiro atoms. The lowest BCUT2D eigenvalue weighted by atomic mass is 9.93. The molecule has 6 heteroatoms. The standard InChI is InChI=1S/C19H23N3O3/c1-14-17(12-20-22(14)13-16-5-3-2-4-6-16)19(25)21-9-7-15(8-10-21)11-18(23)24/h2-6,12,15H,7-11,13H2,1H3,(H,23,24). The van der Waals surface area contributed by atoms with E-state index in [1.165, 1.54) is 0 Å². The number of hydrogen-bond acceptors (Lipinski definition) is 3. The molecule has 3 rings (SSSR count). The van der Waals surface area contributed by atoms with Crippen LogP contribution < -0.4 is 0 Å². The van der Waals surface area contributed by atoms with Gasteiger partial charge in [-0.1, -0.05) is 30.3 Å². The number of likely N-dealkylation sites (tertiary alicyclic amines) is 1. The number of benzene rings is 1. The van der Waals surface area contributed by atoms with Crippen molar-refractivity contribution in [2.45, 2.75) is 32.7 Å². The molecule has 1 fully saturated rings. The van der Waals surface area contributed by atoms with Gasteiger partial charge < -0.3 is 10.0 Å². The number of carboxylic acid groups (broad SMARTS) is 1. The van der Waals surface area contributed by atoms with Crippen LogP contribution in [0.3, 0.4) is 0 Å². The van der Waals surface area contributed by atoms with Gasteiger partial charge in [-0.15, -0.1) is 0 Å². The summed E-state index contributed by atoms with van der Waals surface area (Å²) < 4.78 is 1.85. The van der Waals surface area contributed by atoms with Crippen molar-refractivity contribution in [3.05, 3.63) is 53.3 Å². The number of nitrogens with zero attached hydrogens (tertiary/aromatic N) is 3. The van der Waals surface area contributed by atoms with Gasteiger partial charge in [-0.2, -0.15) is 5.10 Å². The number of carbonyl (C=O) groups excluding carboxylic acids is 1. The minimum atomic E-state index is -0.761. The molecule has 6 nitrogen and oxygen atoms in total. The average molecular weight is 341 g/mol. The number of carboxylic acids is 1. The highest BCUT2D eigenvalue weighted by atomic mass is 16.4. The molecule has 0 bridgehead atoms. The monoisotopic (exact) mass is 341 g/mol. The third-order valence-corrected chi connectivity index (χ3v) is 4.87. The normalized spacial score (nSPS) is 15.3. The molecule has 1 aromatic heterocycles. The van der Waals surface area contributed by atoms with E-state index >= 15 is 0 Å². The fourth-order valence-corrected chi connectivity index (χ4v) is 3.33. The Morgan fingerprint density at radius 2 is 1.88 bits per heavy atom. The molecular formula is C19H23N3O3. The van der Waals surface area contributed by atoms with Crippen LogP contribution in [0.2, 0.25) is 0 Å². The van der Waals surface area contributed by atoms with Crippen molar-refractivity contribution in [1.29, 1.82) is 0 Å². The number of hydrogen-bond donors (Lipinski definition) is 1. The van der Waals surface area contributed by atoms with Gasteiger partial charge in [0.2, 0.25) is 0 Å². The van der Waals surface area contributed by atoms with Gasteiger partial charge in [-0.3, -0.25) is 14.3 Å². The second-order valence-electron chi connectivity index (χ2n) is 6.62. The van der Waals surface area contributed by atoms with Gasteiger partial charge in [-0.05, 0) is 31.2 Å². The number of piperidine rings is 1. The Labute approximate surface area is 147 Å². The maximum atomic E-state index is 12.8. The zero-order valence-corrected chi connectivity index (χ0v) is 14.4. The first-order valence-electron chi connectivity index (χ1n) is 8.62. The Kier molecular flexibility index (Phi) is 5.16. The third kappa shape index (κ3) is 4.07. The molecule has 1 aliphatic heterocycles. The molecule has 25 heavy (non-hydrogen) atoms. The predicted octanol–water partition coefficient (Wildman–Crippen LogP) is 2.57. The maximum absolute atomic E-state index is 12.8. The summed E-state index contributed by atoms with van der Waals surface area (Å²) in [6, 6.07) is 10.0. The number of aromatic nitrogens is 2. The fraction of sp³-hybridized carbons (Fsp3) is 0.421. The maximum Gasteiger partial charge on any atom is 0.303 e. The zero-order chi connectivity index (χ0) is 17.8. The van der Waals surface area contributed by atoms with Gasteiger partial charge in [0.15, 0.2) is 0 Å². The summed E-state index contributed by atoms with van der Waals surface area (Å²) in [5.41, 5.74) is 2.64. The second kappa shape index (κ2) is 7.51. The molecule has 2 aromatic rings. The van der Waals surface area contributed by atoms with E-state index in [0.29, 0.717) is 25.2 Å². The summed E-state index contributed by atoms with van der Waals surface area (Å²) >= 11 is 0. The summed E-state index contributed by atoms with van der Waals surface area (Å²) in [7, 11) is 0. The molecule has 1 saturated heterocycles. The summed E-state index contributed by atoms with van der Waals surface area (Å²) in [4.78, 5) is 25.4. The summed E-state index contributed by atoms with van der Waals surface area (Å²) in [5.74, 6) is -0.600. The van der Waals surface area contributed by atoms with E-state index < -0.39 is 5.97 Å². The van der Waals surface area contributed by atoms with E-state index in [9.17, 15) is 9.59 Å². The molecule has 1 N–H and O–H groups in total. The smallest absolute Gasteiger partial charge is 0.303 e. The van der Waals surface area contributed by atoms with Gasteiger partial charge in [0.1, 0.15) is 0 Å². The Morgan fingerprint density at radius 3 is 2.52 bits per heavy atom. The van der Waals surface area contributed by atoms with E-state index in [2.05, 4.69) is 5.10 Å². The molecule has 0 saturated carbocycles. The van der Waals surface area contributed by atoms with Crippen LogP contribution in [0.15, 0.2) is 36.5 Å². The highest BCUT2D eigenvalue weighted by molar-refractivity contribution is 5.95. The molecule has 0 unspecified atom stereocenters. The first kappa shape index (κ1) is 17.2. The topological polar surface area (TPSA) is 75.4 Å². The van der Waals surface area contributed by atoms with E-state index in [1.54, 1.807) is 6.20 Å². The number of carbonyl (C=O) groups is 2. The highest BCUT2D eigenvalue weighted by Gasteiger charge is 2.26. The highest BCUT2D eigenvalue weighted by Crippen LogP contribution is 2.22. The van der Waals surface area contributed by atoms with Crippen LogP contribution in [0.25, 0.3) is 0 Å². The van der Waals surface area contributed by atoms with Crippen LogP contribution in [0.5, 0.6) is 0 Å². The Balaban J connectivity index is 1.64. The Hall–Kier alpha value is -2.63. The van der Waals surface area contributed by atoms with Crippen LogP contribution in [0.4, 0.5) is 0 Å². The molecule has 0 atom stereocenters. The Bertz CT molecular complexity index is 747. The van der Waals surface area contributed by atoms with Crippen molar-refractivity contribution in [3.63, 3.8) is 0 Å². The number of amides is 1. The quantitative estimate of drug-likeness (QED) is 0.907. The minimum absolute atomic E-state index is 0.00872. The number of aliphatic carboxylic acids is 1. The van der Waals surface area contributed by atoms with Crippen LogP contribution in [0.1, 0.15) is 40.9 Å². The molecule has 0 radical (unpaired) electrons. The lowest BCUT2D eigenvalue weighted by Gasteiger charge is -2.31. The molecule has 1 aromatic carbocycles. The first-order chi connectivity index (χ1) is 12.0. The van der Waals surface area contributed by atoms with Crippen LogP contribution >= 0.6 is 0 Å². The molecule has 0 aliphatic carbocycles. The molecular weight excluding hydrogens is 318 g/mol. The first-order valence-corrected chi connectivity index (χ1v) is 8.62. The van der Waals surface area contributed by atoms with Crippen molar-refractivity contribution in [3.8, 4) is 0 Å². The van der Waals surface area contributed by atoms with Gasteiger partial charge in [0.05, 0.1) is 18.3 Å². The van der Waals surface area contributed by atoms with Crippen molar-refractivity contribution in [2.75, 3.05) is 13.1 Å². The Morgan fingerprint density at radius 1 is 1.20 bits per heavy atom. The number of rotatable bonds is 5. The van der Waals surface area contributed by atoms with Gasteiger partial charge in [-0.25, -0.2) is 0 Å². The van der Waals surface area contributed by atoms with Crippen LogP contribution in [-0.2, 0) is 11.3 Å². The molecule has 2 heterocycles. The zero-order valence-electron chi connectivity index (χ0n) is 14.4. The second-order valence-corrected chi connectivity index (χ2v) is 6.62. The van der Waals surface area contributed by atoms with Crippen LogP contribution in [-0.4, -0.2) is 44.8 Å². The van der Waals surface area contributed by atoms with Crippen molar-refractivity contribution in [2.24, 2.45) is 5.92 Å². The van der Waals surface area contributed by atoms with Gasteiger partial charge in [0.25, 0.3) is 5.91 Å². The summed E-state index contributed by atoms with van der Waals surface area (Å²) in [6.07, 6.45) is 3.32. The van der Waals surface area contributed by atoms with E-state index in [1.807, 2.05) is 46.8 Å². The van der Waals surface area contributed by atoms with Gasteiger partial charge >= 0.3 is 5.97 Å².